The van der Waals surface area contributed by atoms with Gasteiger partial charge in [0.1, 0.15) is 0 Å². The van der Waals surface area contributed by atoms with Crippen molar-refractivity contribution in [3.05, 3.63) is 0 Å². The molecular formula is C15H26. The van der Waals surface area contributed by atoms with Crippen LogP contribution in [0.15, 0.2) is 0 Å². The van der Waals surface area contributed by atoms with Crippen molar-refractivity contribution >= 4 is 0 Å². The normalized spacial score (nSPS) is 46.4. The first-order valence-electron chi connectivity index (χ1n) is 7.43. The predicted molar refractivity (Wildman–Crippen MR) is 64.7 cm³/mol. The van der Waals surface area contributed by atoms with Crippen LogP contribution in [0.1, 0.15) is 70.6 Å². The third-order valence-electron chi connectivity index (χ3n) is 5.65. The molecule has 3 aliphatic carbocycles. The van der Waals surface area contributed by atoms with E-state index in [9.17, 15) is 0 Å². The fourth-order valence-electron chi connectivity index (χ4n) is 4.77. The first-order chi connectivity index (χ1) is 7.43. The Morgan fingerprint density at radius 3 is 1.67 bits per heavy atom. The lowest BCUT2D eigenvalue weighted by atomic mass is 9.82. The monoisotopic (exact) mass is 206 g/mol. The summed E-state index contributed by atoms with van der Waals surface area (Å²) in [6.07, 6.45) is 17.3. The summed E-state index contributed by atoms with van der Waals surface area (Å²) in [5.41, 5.74) is 0. The van der Waals surface area contributed by atoms with Crippen LogP contribution in [0.4, 0.5) is 0 Å². The maximum atomic E-state index is 1.62. The average Bonchev–Trinajstić information content (AvgIpc) is 2.46. The molecule has 0 N–H and O–H groups in total. The van der Waals surface area contributed by atoms with Crippen molar-refractivity contribution in [3.63, 3.8) is 0 Å². The van der Waals surface area contributed by atoms with Crippen LogP contribution < -0.4 is 0 Å². The molecule has 3 saturated carbocycles. The van der Waals surface area contributed by atoms with Crippen molar-refractivity contribution in [1.29, 1.82) is 0 Å². The van der Waals surface area contributed by atoms with Crippen LogP contribution in [0.2, 0.25) is 0 Å². The van der Waals surface area contributed by atoms with E-state index in [1.807, 2.05) is 0 Å². The molecule has 0 amide bonds. The third-order valence-corrected chi connectivity index (χ3v) is 5.65. The second-order valence-electron chi connectivity index (χ2n) is 6.42. The molecule has 0 aromatic carbocycles. The van der Waals surface area contributed by atoms with Gasteiger partial charge >= 0.3 is 0 Å². The van der Waals surface area contributed by atoms with Crippen LogP contribution in [0, 0.1) is 23.7 Å². The molecule has 0 radical (unpaired) electrons. The maximum Gasteiger partial charge on any atom is -0.0383 e. The van der Waals surface area contributed by atoms with Crippen LogP contribution in [0.3, 0.4) is 0 Å². The van der Waals surface area contributed by atoms with Crippen LogP contribution >= 0.6 is 0 Å². The summed E-state index contributed by atoms with van der Waals surface area (Å²) in [7, 11) is 0. The Morgan fingerprint density at radius 1 is 0.400 bits per heavy atom. The first-order valence-corrected chi connectivity index (χ1v) is 7.43. The molecule has 0 nitrogen and oxygen atoms in total. The minimum Gasteiger partial charge on any atom is -0.0533 e. The van der Waals surface area contributed by atoms with Gasteiger partial charge in [0, 0.05) is 0 Å². The van der Waals surface area contributed by atoms with Crippen LogP contribution in [0.25, 0.3) is 0 Å². The molecule has 86 valence electrons. The SMILES string of the molecule is C1CCC2CCC3CCCC3CC2CC1. The van der Waals surface area contributed by atoms with E-state index in [-0.39, 0.29) is 0 Å². The van der Waals surface area contributed by atoms with E-state index >= 15 is 0 Å². The maximum absolute atomic E-state index is 1.62. The van der Waals surface area contributed by atoms with Gasteiger partial charge < -0.3 is 0 Å². The van der Waals surface area contributed by atoms with Gasteiger partial charge in [0.15, 0.2) is 0 Å². The molecule has 3 aliphatic rings. The van der Waals surface area contributed by atoms with E-state index in [2.05, 4.69) is 0 Å². The lowest BCUT2D eigenvalue weighted by Gasteiger charge is -2.24. The average molecular weight is 206 g/mol. The van der Waals surface area contributed by atoms with Crippen LogP contribution in [0.5, 0.6) is 0 Å². The highest BCUT2D eigenvalue weighted by Gasteiger charge is 2.36. The van der Waals surface area contributed by atoms with Crippen LogP contribution in [-0.4, -0.2) is 0 Å². The topological polar surface area (TPSA) is 0 Å². The van der Waals surface area contributed by atoms with Crippen molar-refractivity contribution < 1.29 is 0 Å². The standard InChI is InChI=1S/C15H26/c1-2-5-12-9-10-13-7-4-8-15(13)11-14(12)6-3-1/h12-15H,1-11H2. The molecule has 0 aromatic rings. The summed E-state index contributed by atoms with van der Waals surface area (Å²) in [4.78, 5) is 0. The highest BCUT2D eigenvalue weighted by atomic mass is 14.4. The Hall–Kier alpha value is 0. The Kier molecular flexibility index (Phi) is 3.03. The van der Waals surface area contributed by atoms with Gasteiger partial charge in [-0.2, -0.15) is 0 Å². The second-order valence-corrected chi connectivity index (χ2v) is 6.42. The molecule has 4 unspecified atom stereocenters. The molecule has 0 bridgehead atoms. The first kappa shape index (κ1) is 10.2. The number of rotatable bonds is 0. The van der Waals surface area contributed by atoms with E-state index in [0.717, 1.165) is 23.7 Å². The van der Waals surface area contributed by atoms with Gasteiger partial charge in [0.25, 0.3) is 0 Å². The quantitative estimate of drug-likeness (QED) is 0.535. The van der Waals surface area contributed by atoms with Crippen molar-refractivity contribution in [2.45, 2.75) is 70.6 Å². The Bertz CT molecular complexity index is 208. The fourth-order valence-corrected chi connectivity index (χ4v) is 4.77. The van der Waals surface area contributed by atoms with Crippen LogP contribution in [-0.2, 0) is 0 Å². The summed E-state index contributed by atoms with van der Waals surface area (Å²) in [5.74, 6) is 4.58. The Morgan fingerprint density at radius 2 is 0.933 bits per heavy atom. The molecule has 3 rings (SSSR count). The molecule has 0 aliphatic heterocycles. The second kappa shape index (κ2) is 4.47. The number of fused-ring (bicyclic) bond motifs is 2. The van der Waals surface area contributed by atoms with Crippen molar-refractivity contribution in [2.24, 2.45) is 23.7 Å². The molecule has 0 spiro atoms. The Labute approximate surface area is 94.8 Å². The highest BCUT2D eigenvalue weighted by molar-refractivity contribution is 4.87. The summed E-state index contributed by atoms with van der Waals surface area (Å²) in [6, 6.07) is 0. The van der Waals surface area contributed by atoms with E-state index < -0.39 is 0 Å². The third kappa shape index (κ3) is 2.10. The predicted octanol–water partition coefficient (Wildman–Crippen LogP) is 4.78. The van der Waals surface area contributed by atoms with Gasteiger partial charge in [-0.25, -0.2) is 0 Å². The zero-order valence-electron chi connectivity index (χ0n) is 10.1. The van der Waals surface area contributed by atoms with E-state index in [1.54, 1.807) is 57.8 Å². The minimum absolute atomic E-state index is 1.14. The van der Waals surface area contributed by atoms with E-state index in [4.69, 9.17) is 0 Å². The lowest BCUT2D eigenvalue weighted by Crippen LogP contribution is -2.14. The van der Waals surface area contributed by atoms with E-state index in [1.165, 1.54) is 12.8 Å². The summed E-state index contributed by atoms with van der Waals surface area (Å²) < 4.78 is 0. The molecule has 15 heavy (non-hydrogen) atoms. The molecular weight excluding hydrogens is 180 g/mol. The van der Waals surface area contributed by atoms with Gasteiger partial charge in [0.05, 0.1) is 0 Å². The van der Waals surface area contributed by atoms with Gasteiger partial charge in [-0.05, 0) is 42.9 Å². The molecule has 0 saturated heterocycles. The van der Waals surface area contributed by atoms with Gasteiger partial charge in [0.2, 0.25) is 0 Å². The van der Waals surface area contributed by atoms with Crippen molar-refractivity contribution in [1.82, 2.24) is 0 Å². The Balaban J connectivity index is 1.70. The summed E-state index contributed by atoms with van der Waals surface area (Å²) in [6.45, 7) is 0. The fraction of sp³-hybridized carbons (Fsp3) is 1.00. The zero-order valence-corrected chi connectivity index (χ0v) is 10.1. The highest BCUT2D eigenvalue weighted by Crippen LogP contribution is 2.47. The largest absolute Gasteiger partial charge is 0.0533 e. The summed E-state index contributed by atoms with van der Waals surface area (Å²) in [5, 5.41) is 0. The summed E-state index contributed by atoms with van der Waals surface area (Å²) >= 11 is 0. The van der Waals surface area contributed by atoms with Gasteiger partial charge in [-0.15, -0.1) is 0 Å². The van der Waals surface area contributed by atoms with Crippen molar-refractivity contribution in [2.75, 3.05) is 0 Å². The molecule has 0 heterocycles. The molecule has 0 aromatic heterocycles. The number of hydrogen-bond acceptors (Lipinski definition) is 0. The molecule has 0 heteroatoms. The van der Waals surface area contributed by atoms with E-state index in [0.29, 0.717) is 0 Å². The number of hydrogen-bond donors (Lipinski definition) is 0. The smallest absolute Gasteiger partial charge is 0.0383 e. The van der Waals surface area contributed by atoms with Gasteiger partial charge in [-0.3, -0.25) is 0 Å². The zero-order chi connectivity index (χ0) is 10.1. The molecule has 3 fully saturated rings. The van der Waals surface area contributed by atoms with Crippen molar-refractivity contribution in [3.8, 4) is 0 Å². The molecule has 4 atom stereocenters. The van der Waals surface area contributed by atoms with Gasteiger partial charge in [-0.1, -0.05) is 51.4 Å². The lowest BCUT2D eigenvalue weighted by molar-refractivity contribution is 0.266. The minimum atomic E-state index is 1.14.